The third kappa shape index (κ3) is 3.52. The van der Waals surface area contributed by atoms with E-state index in [1.54, 1.807) is 30.3 Å². The van der Waals surface area contributed by atoms with Crippen molar-refractivity contribution in [2.75, 3.05) is 11.8 Å². The number of fused-ring (bicyclic) bond motifs is 1. The number of nitrogens with zero attached hydrogens (tertiary/aromatic N) is 2. The highest BCUT2D eigenvalue weighted by atomic mass is 32.2. The van der Waals surface area contributed by atoms with Gasteiger partial charge in [-0.05, 0) is 61.1 Å². The largest absolute Gasteiger partial charge is 0.496 e. The van der Waals surface area contributed by atoms with Gasteiger partial charge in [-0.1, -0.05) is 23.3 Å². The first-order valence-electron chi connectivity index (χ1n) is 8.68. The average molecular weight is 385 g/mol. The number of ether oxygens (including phenoxy) is 1. The molecule has 0 saturated carbocycles. The Balaban J connectivity index is 1.60. The second kappa shape index (κ2) is 7.03. The number of aromatic nitrogens is 2. The molecule has 0 bridgehead atoms. The first-order valence-corrected chi connectivity index (χ1v) is 10.2. The fraction of sp³-hybridized carbons (Fsp3) is 0.263. The molecule has 0 radical (unpaired) electrons. The van der Waals surface area contributed by atoms with Crippen molar-refractivity contribution in [1.82, 2.24) is 10.2 Å². The molecule has 0 spiro atoms. The van der Waals surface area contributed by atoms with Gasteiger partial charge in [0, 0.05) is 0 Å². The molecule has 8 heteroatoms. The molecule has 1 N–H and O–H groups in total. The number of rotatable bonds is 5. The number of hydrogen-bond acceptors (Lipinski definition) is 6. The smallest absolute Gasteiger partial charge is 0.330 e. The molecule has 1 aromatic heterocycles. The van der Waals surface area contributed by atoms with Gasteiger partial charge in [0.2, 0.25) is 0 Å². The number of anilines is 1. The third-order valence-corrected chi connectivity index (χ3v) is 5.93. The normalized spacial score (nSPS) is 13.8. The number of nitrogens with one attached hydrogen (secondary N) is 1. The second-order valence-corrected chi connectivity index (χ2v) is 8.04. The number of aryl methyl sites for hydroxylation is 2. The minimum atomic E-state index is -3.81. The Kier molecular flexibility index (Phi) is 4.57. The minimum absolute atomic E-state index is 0.176. The molecular formula is C19H19N3O4S. The Morgan fingerprint density at radius 2 is 1.81 bits per heavy atom. The summed E-state index contributed by atoms with van der Waals surface area (Å²) in [7, 11) is -2.27. The molecule has 0 fully saturated rings. The van der Waals surface area contributed by atoms with E-state index in [9.17, 15) is 8.42 Å². The second-order valence-electron chi connectivity index (χ2n) is 6.36. The predicted molar refractivity (Wildman–Crippen MR) is 100 cm³/mol. The Hall–Kier alpha value is -2.87. The average Bonchev–Trinajstić information content (AvgIpc) is 3.15. The van der Waals surface area contributed by atoms with Gasteiger partial charge in [-0.25, -0.2) is 13.1 Å². The topological polar surface area (TPSA) is 94.3 Å². The van der Waals surface area contributed by atoms with E-state index in [-0.39, 0.29) is 16.8 Å². The summed E-state index contributed by atoms with van der Waals surface area (Å²) in [6.07, 6.45) is 4.12. The zero-order chi connectivity index (χ0) is 18.9. The summed E-state index contributed by atoms with van der Waals surface area (Å²) in [5.41, 5.74) is 2.90. The molecule has 0 amide bonds. The van der Waals surface area contributed by atoms with Crippen LogP contribution in [-0.2, 0) is 22.9 Å². The molecule has 1 aliphatic rings. The van der Waals surface area contributed by atoms with Gasteiger partial charge in [0.15, 0.2) is 0 Å². The fourth-order valence-corrected chi connectivity index (χ4v) is 4.22. The van der Waals surface area contributed by atoms with Crippen molar-refractivity contribution in [1.29, 1.82) is 0 Å². The highest BCUT2D eigenvalue weighted by Gasteiger charge is 2.21. The third-order valence-electron chi connectivity index (χ3n) is 4.61. The molecule has 0 saturated heterocycles. The lowest BCUT2D eigenvalue weighted by Crippen LogP contribution is -2.14. The van der Waals surface area contributed by atoms with E-state index >= 15 is 0 Å². The van der Waals surface area contributed by atoms with Gasteiger partial charge in [0.05, 0.1) is 17.6 Å². The standard InChI is InChI=1S/C19H19N3O4S/c1-25-17-9-5-4-8-16(17)18-20-21-19(26-18)22-27(23,24)15-11-10-13-6-2-3-7-14(13)12-15/h4-5,8-12H,2-3,6-7H2,1H3,(H,21,22). The summed E-state index contributed by atoms with van der Waals surface area (Å²) in [5.74, 6) is 0.737. The number of para-hydroxylation sites is 1. The van der Waals surface area contributed by atoms with Crippen molar-refractivity contribution in [3.05, 3.63) is 53.6 Å². The summed E-state index contributed by atoms with van der Waals surface area (Å²) in [6.45, 7) is 0. The van der Waals surface area contributed by atoms with Crippen LogP contribution in [0.1, 0.15) is 24.0 Å². The van der Waals surface area contributed by atoms with Crippen molar-refractivity contribution in [2.45, 2.75) is 30.6 Å². The van der Waals surface area contributed by atoms with Crippen molar-refractivity contribution >= 4 is 16.0 Å². The van der Waals surface area contributed by atoms with Gasteiger partial charge in [-0.2, -0.15) is 0 Å². The lowest BCUT2D eigenvalue weighted by atomic mass is 9.92. The molecule has 4 rings (SSSR count). The monoisotopic (exact) mass is 385 g/mol. The fourth-order valence-electron chi connectivity index (χ4n) is 3.25. The number of methoxy groups -OCH3 is 1. The van der Waals surface area contributed by atoms with E-state index in [1.165, 1.54) is 12.7 Å². The zero-order valence-corrected chi connectivity index (χ0v) is 15.6. The van der Waals surface area contributed by atoms with Crippen LogP contribution in [-0.4, -0.2) is 25.7 Å². The zero-order valence-electron chi connectivity index (χ0n) is 14.8. The van der Waals surface area contributed by atoms with E-state index in [1.807, 2.05) is 12.1 Å². The summed E-state index contributed by atoms with van der Waals surface area (Å²) in [4.78, 5) is 0.195. The molecule has 27 heavy (non-hydrogen) atoms. The SMILES string of the molecule is COc1ccccc1-c1nnc(NS(=O)(=O)c2ccc3c(c2)CCCC3)o1. The summed E-state index contributed by atoms with van der Waals surface area (Å²) in [5, 5.41) is 7.72. The van der Waals surface area contributed by atoms with E-state index in [0.717, 1.165) is 31.2 Å². The maximum absolute atomic E-state index is 12.7. The van der Waals surface area contributed by atoms with Gasteiger partial charge in [-0.15, -0.1) is 5.10 Å². The van der Waals surface area contributed by atoms with Crippen LogP contribution in [0.2, 0.25) is 0 Å². The minimum Gasteiger partial charge on any atom is -0.496 e. The van der Waals surface area contributed by atoms with Crippen LogP contribution < -0.4 is 9.46 Å². The quantitative estimate of drug-likeness (QED) is 0.723. The lowest BCUT2D eigenvalue weighted by molar-refractivity contribution is 0.414. The van der Waals surface area contributed by atoms with Crippen LogP contribution >= 0.6 is 0 Å². The molecule has 1 aliphatic carbocycles. The molecule has 2 aromatic carbocycles. The molecule has 140 valence electrons. The number of benzene rings is 2. The van der Waals surface area contributed by atoms with Crippen molar-refractivity contribution in [3.63, 3.8) is 0 Å². The van der Waals surface area contributed by atoms with Gasteiger partial charge < -0.3 is 9.15 Å². The van der Waals surface area contributed by atoms with Crippen LogP contribution in [0.5, 0.6) is 5.75 Å². The van der Waals surface area contributed by atoms with Crippen molar-refractivity contribution < 1.29 is 17.6 Å². The van der Waals surface area contributed by atoms with Gasteiger partial charge in [-0.3, -0.25) is 0 Å². The van der Waals surface area contributed by atoms with Crippen LogP contribution in [0.4, 0.5) is 6.01 Å². The Bertz CT molecular complexity index is 1080. The highest BCUT2D eigenvalue weighted by molar-refractivity contribution is 7.92. The Labute approximate surface area is 157 Å². The van der Waals surface area contributed by atoms with E-state index in [0.29, 0.717) is 11.3 Å². The predicted octanol–water partition coefficient (Wildman–Crippen LogP) is 3.42. The number of hydrogen-bond donors (Lipinski definition) is 1. The van der Waals surface area contributed by atoms with E-state index < -0.39 is 10.0 Å². The maximum atomic E-state index is 12.7. The molecule has 1 heterocycles. The first-order chi connectivity index (χ1) is 13.1. The highest BCUT2D eigenvalue weighted by Crippen LogP contribution is 2.30. The number of sulfonamides is 1. The van der Waals surface area contributed by atoms with Gasteiger partial charge >= 0.3 is 6.01 Å². The van der Waals surface area contributed by atoms with Crippen LogP contribution in [0.15, 0.2) is 51.8 Å². The Morgan fingerprint density at radius 3 is 2.63 bits per heavy atom. The van der Waals surface area contributed by atoms with E-state index in [4.69, 9.17) is 9.15 Å². The molecule has 0 atom stereocenters. The van der Waals surface area contributed by atoms with Crippen LogP contribution in [0.3, 0.4) is 0 Å². The molecule has 0 unspecified atom stereocenters. The molecule has 7 nitrogen and oxygen atoms in total. The maximum Gasteiger partial charge on any atom is 0.330 e. The van der Waals surface area contributed by atoms with Crippen LogP contribution in [0, 0.1) is 0 Å². The van der Waals surface area contributed by atoms with Crippen molar-refractivity contribution in [2.24, 2.45) is 0 Å². The Morgan fingerprint density at radius 1 is 1.04 bits per heavy atom. The summed E-state index contributed by atoms with van der Waals surface area (Å²) in [6, 6.07) is 12.2. The van der Waals surface area contributed by atoms with Crippen LogP contribution in [0.25, 0.3) is 11.5 Å². The summed E-state index contributed by atoms with van der Waals surface area (Å²) < 4.78 is 38.5. The van der Waals surface area contributed by atoms with Gasteiger partial charge in [0.1, 0.15) is 5.75 Å². The molecule has 3 aromatic rings. The van der Waals surface area contributed by atoms with Crippen molar-refractivity contribution in [3.8, 4) is 17.2 Å². The van der Waals surface area contributed by atoms with E-state index in [2.05, 4.69) is 14.9 Å². The lowest BCUT2D eigenvalue weighted by Gasteiger charge is -2.16. The first kappa shape index (κ1) is 17.5. The molecular weight excluding hydrogens is 366 g/mol. The molecule has 0 aliphatic heterocycles. The van der Waals surface area contributed by atoms with Gasteiger partial charge in [0.25, 0.3) is 15.9 Å². The summed E-state index contributed by atoms with van der Waals surface area (Å²) >= 11 is 0.